The summed E-state index contributed by atoms with van der Waals surface area (Å²) in [4.78, 5) is 0.289. The van der Waals surface area contributed by atoms with Gasteiger partial charge in [0, 0.05) is 0 Å². The van der Waals surface area contributed by atoms with Crippen LogP contribution in [-0.2, 0) is 6.18 Å². The molecular weight excluding hydrogens is 176 g/mol. The molecule has 1 heterocycles. The molecule has 0 atom stereocenters. The van der Waals surface area contributed by atoms with E-state index in [1.807, 2.05) is 0 Å². The molecule has 0 aliphatic carbocycles. The van der Waals surface area contributed by atoms with Crippen LogP contribution in [0.2, 0.25) is 6.82 Å². The lowest BCUT2D eigenvalue weighted by atomic mass is 9.84. The van der Waals surface area contributed by atoms with E-state index in [1.54, 1.807) is 6.82 Å². The van der Waals surface area contributed by atoms with Crippen molar-refractivity contribution in [2.24, 2.45) is 0 Å². The Labute approximate surface area is 65.7 Å². The first kappa shape index (κ1) is 8.51. The van der Waals surface area contributed by atoms with E-state index in [9.17, 15) is 13.2 Å². The highest BCUT2D eigenvalue weighted by Crippen LogP contribution is 2.28. The topological polar surface area (TPSA) is 25.8 Å². The van der Waals surface area contributed by atoms with Crippen LogP contribution in [-0.4, -0.2) is 17.5 Å². The van der Waals surface area contributed by atoms with E-state index in [0.717, 1.165) is 0 Å². The first-order valence-electron chi connectivity index (χ1n) is 2.74. The Morgan fingerprint density at radius 1 is 1.36 bits per heavy atom. The quantitative estimate of drug-likeness (QED) is 0.599. The highest BCUT2D eigenvalue weighted by atomic mass is 32.1. The summed E-state index contributed by atoms with van der Waals surface area (Å²) in [6, 6.07) is 0. The molecule has 0 bridgehead atoms. The summed E-state index contributed by atoms with van der Waals surface area (Å²) < 4.78 is 35.5. The lowest BCUT2D eigenvalue weighted by molar-refractivity contribution is -0.138. The van der Waals surface area contributed by atoms with Crippen molar-refractivity contribution in [1.82, 2.24) is 10.2 Å². The third-order valence-electron chi connectivity index (χ3n) is 0.930. The van der Waals surface area contributed by atoms with Crippen molar-refractivity contribution in [3.63, 3.8) is 0 Å². The van der Waals surface area contributed by atoms with E-state index in [-0.39, 0.29) is 4.91 Å². The fraction of sp³-hybridized carbons (Fsp3) is 0.500. The fourth-order valence-corrected chi connectivity index (χ4v) is 1.06. The molecule has 2 nitrogen and oxygen atoms in total. The fourth-order valence-electron chi connectivity index (χ4n) is 0.466. The van der Waals surface area contributed by atoms with Crippen molar-refractivity contribution in [3.8, 4) is 0 Å². The van der Waals surface area contributed by atoms with Gasteiger partial charge in [-0.2, -0.15) is 18.3 Å². The van der Waals surface area contributed by atoms with Crippen molar-refractivity contribution in [3.05, 3.63) is 5.01 Å². The van der Waals surface area contributed by atoms with Gasteiger partial charge in [0.05, 0.1) is 4.91 Å². The monoisotopic (exact) mass is 179 g/mol. The first-order valence-corrected chi connectivity index (χ1v) is 3.55. The Hall–Kier alpha value is -0.585. The molecule has 1 rings (SSSR count). The van der Waals surface area contributed by atoms with Crippen molar-refractivity contribution < 1.29 is 13.2 Å². The van der Waals surface area contributed by atoms with Gasteiger partial charge in [0.15, 0.2) is 7.28 Å². The van der Waals surface area contributed by atoms with Gasteiger partial charge in [-0.3, -0.25) is 0 Å². The zero-order valence-corrected chi connectivity index (χ0v) is 6.33. The zero-order valence-electron chi connectivity index (χ0n) is 5.51. The Balaban J connectivity index is 2.89. The number of nitrogens with zero attached hydrogens (tertiary/aromatic N) is 2. The molecule has 0 saturated heterocycles. The average molecular weight is 179 g/mol. The second-order valence-corrected chi connectivity index (χ2v) is 2.74. The molecule has 0 aliphatic heterocycles. The summed E-state index contributed by atoms with van der Waals surface area (Å²) >= 11 is 0.537. The minimum atomic E-state index is -4.36. The molecular formula is C4H3BF3N2S. The van der Waals surface area contributed by atoms with Crippen LogP contribution < -0.4 is 4.91 Å². The molecule has 0 fully saturated rings. The van der Waals surface area contributed by atoms with Crippen LogP contribution in [0.5, 0.6) is 0 Å². The maximum atomic E-state index is 11.8. The van der Waals surface area contributed by atoms with Gasteiger partial charge in [-0.05, 0) is 0 Å². The van der Waals surface area contributed by atoms with Crippen LogP contribution in [0.15, 0.2) is 0 Å². The molecule has 0 aromatic carbocycles. The highest BCUT2D eigenvalue weighted by Gasteiger charge is 2.35. The van der Waals surface area contributed by atoms with Crippen LogP contribution >= 0.6 is 11.3 Å². The van der Waals surface area contributed by atoms with Crippen molar-refractivity contribution >= 4 is 23.5 Å². The van der Waals surface area contributed by atoms with Gasteiger partial charge < -0.3 is 0 Å². The van der Waals surface area contributed by atoms with Crippen molar-refractivity contribution in [2.75, 3.05) is 0 Å². The Morgan fingerprint density at radius 3 is 2.27 bits per heavy atom. The van der Waals surface area contributed by atoms with E-state index < -0.39 is 11.2 Å². The summed E-state index contributed by atoms with van der Waals surface area (Å²) in [5, 5.41) is 5.37. The van der Waals surface area contributed by atoms with Crippen LogP contribution in [0.1, 0.15) is 5.01 Å². The van der Waals surface area contributed by atoms with Gasteiger partial charge in [0.2, 0.25) is 5.01 Å². The summed E-state index contributed by atoms with van der Waals surface area (Å²) in [6.45, 7) is 1.61. The summed E-state index contributed by atoms with van der Waals surface area (Å²) in [5.41, 5.74) is 0. The third-order valence-corrected chi connectivity index (χ3v) is 1.96. The van der Waals surface area contributed by atoms with E-state index in [4.69, 9.17) is 0 Å². The zero-order chi connectivity index (χ0) is 8.48. The summed E-state index contributed by atoms with van der Waals surface area (Å²) in [6.07, 6.45) is -4.36. The maximum absolute atomic E-state index is 11.8. The number of aromatic nitrogens is 2. The van der Waals surface area contributed by atoms with Crippen LogP contribution in [0.4, 0.5) is 13.2 Å². The average Bonchev–Trinajstić information content (AvgIpc) is 2.32. The highest BCUT2D eigenvalue weighted by molar-refractivity contribution is 7.20. The molecule has 7 heteroatoms. The molecule has 0 amide bonds. The largest absolute Gasteiger partial charge is 0.445 e. The minimum Gasteiger partial charge on any atom is -0.164 e. The SMILES string of the molecule is C[B]c1nnc(C(F)(F)F)s1. The molecule has 0 saturated carbocycles. The predicted molar refractivity (Wildman–Crippen MR) is 36.2 cm³/mol. The second-order valence-electron chi connectivity index (χ2n) is 1.73. The molecule has 0 N–H and O–H groups in total. The van der Waals surface area contributed by atoms with Crippen LogP contribution in [0, 0.1) is 0 Å². The lowest BCUT2D eigenvalue weighted by Gasteiger charge is -1.97. The first-order chi connectivity index (χ1) is 5.04. The van der Waals surface area contributed by atoms with Crippen molar-refractivity contribution in [2.45, 2.75) is 13.0 Å². The van der Waals surface area contributed by atoms with E-state index >= 15 is 0 Å². The molecule has 1 radical (unpaired) electrons. The number of halogens is 3. The number of hydrogen-bond donors (Lipinski definition) is 0. The molecule has 11 heavy (non-hydrogen) atoms. The normalized spacial score (nSPS) is 11.6. The number of rotatable bonds is 1. The maximum Gasteiger partial charge on any atom is 0.445 e. The number of alkyl halides is 3. The van der Waals surface area contributed by atoms with Gasteiger partial charge in [-0.1, -0.05) is 6.82 Å². The molecule has 1 aromatic rings. The van der Waals surface area contributed by atoms with Crippen LogP contribution in [0.3, 0.4) is 0 Å². The Bertz CT molecular complexity index is 246. The molecule has 1 aromatic heterocycles. The molecule has 0 unspecified atom stereocenters. The Kier molecular flexibility index (Phi) is 2.17. The smallest absolute Gasteiger partial charge is 0.164 e. The molecule has 59 valence electrons. The third kappa shape index (κ3) is 1.92. The van der Waals surface area contributed by atoms with Gasteiger partial charge in [0.25, 0.3) is 0 Å². The minimum absolute atomic E-state index is 0.289. The van der Waals surface area contributed by atoms with E-state index in [2.05, 4.69) is 10.2 Å². The molecule has 0 spiro atoms. The standard InChI is InChI=1S/C4H3BF3N2S/c1-5-3-10-9-2(11-3)4(6,7)8/h1H3. The van der Waals surface area contributed by atoms with Gasteiger partial charge in [-0.15, -0.1) is 16.4 Å². The van der Waals surface area contributed by atoms with Gasteiger partial charge in [0.1, 0.15) is 0 Å². The predicted octanol–water partition coefficient (Wildman–Crippen LogP) is 0.934. The Morgan fingerprint density at radius 2 is 2.00 bits per heavy atom. The summed E-state index contributed by atoms with van der Waals surface area (Å²) in [5.74, 6) is 0. The summed E-state index contributed by atoms with van der Waals surface area (Å²) in [7, 11) is 1.48. The van der Waals surface area contributed by atoms with Crippen molar-refractivity contribution in [1.29, 1.82) is 0 Å². The second kappa shape index (κ2) is 2.81. The van der Waals surface area contributed by atoms with Gasteiger partial charge in [-0.25, -0.2) is 0 Å². The van der Waals surface area contributed by atoms with Crippen LogP contribution in [0.25, 0.3) is 0 Å². The van der Waals surface area contributed by atoms with Gasteiger partial charge >= 0.3 is 6.18 Å². The number of hydrogen-bond acceptors (Lipinski definition) is 3. The van der Waals surface area contributed by atoms with E-state index in [1.165, 1.54) is 7.28 Å². The lowest BCUT2D eigenvalue weighted by Crippen LogP contribution is -2.07. The van der Waals surface area contributed by atoms with E-state index in [0.29, 0.717) is 11.3 Å². The molecule has 0 aliphatic rings.